The van der Waals surface area contributed by atoms with Crippen LogP contribution < -0.4 is 5.32 Å². The minimum absolute atomic E-state index is 0.196. The van der Waals surface area contributed by atoms with Crippen molar-refractivity contribution in [3.05, 3.63) is 48.2 Å². The summed E-state index contributed by atoms with van der Waals surface area (Å²) in [5.74, 6) is 0.305. The van der Waals surface area contributed by atoms with Gasteiger partial charge in [0.2, 0.25) is 0 Å². The highest BCUT2D eigenvalue weighted by Crippen LogP contribution is 2.36. The third-order valence-corrected chi connectivity index (χ3v) is 4.79. The van der Waals surface area contributed by atoms with Crippen LogP contribution in [0.15, 0.2) is 42.5 Å². The van der Waals surface area contributed by atoms with Crippen LogP contribution in [0.3, 0.4) is 0 Å². The number of aromatic nitrogens is 2. The number of benzene rings is 2. The third kappa shape index (κ3) is 2.79. The highest BCUT2D eigenvalue weighted by Gasteiger charge is 2.18. The maximum atomic E-state index is 12.4. The summed E-state index contributed by atoms with van der Waals surface area (Å²) in [5.41, 5.74) is 2.58. The van der Waals surface area contributed by atoms with Gasteiger partial charge in [0.1, 0.15) is 5.82 Å². The topological polar surface area (TPSA) is 56.1 Å². The van der Waals surface area contributed by atoms with E-state index < -0.39 is 5.97 Å². The number of nitrogens with zero attached hydrogens (tertiary/aromatic N) is 2. The Morgan fingerprint density at radius 2 is 1.85 bits per heavy atom. The molecule has 27 heavy (non-hydrogen) atoms. The van der Waals surface area contributed by atoms with E-state index in [1.54, 1.807) is 6.92 Å². The van der Waals surface area contributed by atoms with Crippen LogP contribution in [-0.2, 0) is 11.8 Å². The zero-order chi connectivity index (χ0) is 19.1. The van der Waals surface area contributed by atoms with Gasteiger partial charge in [-0.15, -0.1) is 0 Å². The first-order chi connectivity index (χ1) is 13.0. The second kappa shape index (κ2) is 6.58. The Balaban J connectivity index is 2.11. The predicted molar refractivity (Wildman–Crippen MR) is 110 cm³/mol. The SMILES string of the molecule is CCOC(=O)c1cc2c(ccc3c4ccccc4n(C)c23)c(NC(C)C)n1. The van der Waals surface area contributed by atoms with Crippen LogP contribution in [0, 0.1) is 0 Å². The summed E-state index contributed by atoms with van der Waals surface area (Å²) in [6, 6.07) is 14.6. The predicted octanol–water partition coefficient (Wildman–Crippen LogP) is 4.88. The number of ether oxygens (including phenoxy) is 1. The first kappa shape index (κ1) is 17.3. The lowest BCUT2D eigenvalue weighted by Gasteiger charge is -2.14. The van der Waals surface area contributed by atoms with E-state index in [1.807, 2.05) is 18.2 Å². The number of aryl methyl sites for hydroxylation is 1. The summed E-state index contributed by atoms with van der Waals surface area (Å²) in [6.45, 7) is 6.23. The standard InChI is InChI=1S/C22H23N3O2/c1-5-27-22(26)18-12-17-16(21(24-18)23-13(2)3)11-10-15-14-8-6-7-9-19(14)25(4)20(15)17/h6-13H,5H2,1-4H3,(H,23,24). The Bertz CT molecular complexity index is 1170. The van der Waals surface area contributed by atoms with Crippen LogP contribution in [0.25, 0.3) is 32.6 Å². The number of para-hydroxylation sites is 1. The zero-order valence-electron chi connectivity index (χ0n) is 16.0. The van der Waals surface area contributed by atoms with Crippen LogP contribution in [0.2, 0.25) is 0 Å². The lowest BCUT2D eigenvalue weighted by atomic mass is 10.1. The number of pyridine rings is 1. The van der Waals surface area contributed by atoms with Crippen LogP contribution >= 0.6 is 0 Å². The monoisotopic (exact) mass is 361 g/mol. The van der Waals surface area contributed by atoms with E-state index in [-0.39, 0.29) is 6.04 Å². The van der Waals surface area contributed by atoms with Crippen molar-refractivity contribution in [3.8, 4) is 0 Å². The molecule has 2 heterocycles. The Kier molecular flexibility index (Phi) is 4.22. The molecule has 0 fully saturated rings. The van der Waals surface area contributed by atoms with E-state index in [0.717, 1.165) is 27.2 Å². The molecular weight excluding hydrogens is 338 g/mol. The molecule has 4 aromatic rings. The Morgan fingerprint density at radius 1 is 1.11 bits per heavy atom. The first-order valence-corrected chi connectivity index (χ1v) is 9.25. The van der Waals surface area contributed by atoms with Gasteiger partial charge in [0.25, 0.3) is 0 Å². The molecule has 0 aliphatic carbocycles. The maximum absolute atomic E-state index is 12.4. The van der Waals surface area contributed by atoms with Crippen LogP contribution in [0.5, 0.6) is 0 Å². The van der Waals surface area contributed by atoms with E-state index in [1.165, 1.54) is 5.39 Å². The molecule has 2 aromatic heterocycles. The van der Waals surface area contributed by atoms with Crippen LogP contribution in [-0.4, -0.2) is 28.2 Å². The molecule has 0 atom stereocenters. The number of fused-ring (bicyclic) bond motifs is 5. The number of rotatable bonds is 4. The summed E-state index contributed by atoms with van der Waals surface area (Å²) in [5, 5.41) is 7.73. The molecule has 0 saturated carbocycles. The van der Waals surface area contributed by atoms with Gasteiger partial charge in [0.05, 0.1) is 12.1 Å². The van der Waals surface area contributed by atoms with Crippen LogP contribution in [0.4, 0.5) is 5.82 Å². The van der Waals surface area contributed by atoms with Crippen molar-refractivity contribution in [2.45, 2.75) is 26.8 Å². The Morgan fingerprint density at radius 3 is 2.59 bits per heavy atom. The van der Waals surface area contributed by atoms with Gasteiger partial charge in [0.15, 0.2) is 5.69 Å². The van der Waals surface area contributed by atoms with Gasteiger partial charge < -0.3 is 14.6 Å². The number of carbonyl (C=O) groups excluding carboxylic acids is 1. The molecule has 0 unspecified atom stereocenters. The molecule has 2 aromatic carbocycles. The van der Waals surface area contributed by atoms with Gasteiger partial charge >= 0.3 is 5.97 Å². The van der Waals surface area contributed by atoms with E-state index >= 15 is 0 Å². The van der Waals surface area contributed by atoms with E-state index in [4.69, 9.17) is 4.74 Å². The van der Waals surface area contributed by atoms with Gasteiger partial charge in [0, 0.05) is 40.2 Å². The minimum atomic E-state index is -0.401. The smallest absolute Gasteiger partial charge is 0.357 e. The number of hydrogen-bond acceptors (Lipinski definition) is 4. The van der Waals surface area contributed by atoms with Crippen molar-refractivity contribution in [2.24, 2.45) is 7.05 Å². The lowest BCUT2D eigenvalue weighted by molar-refractivity contribution is 0.0520. The molecule has 0 saturated heterocycles. The van der Waals surface area contributed by atoms with E-state index in [9.17, 15) is 4.79 Å². The van der Waals surface area contributed by atoms with Crippen molar-refractivity contribution in [2.75, 3.05) is 11.9 Å². The first-order valence-electron chi connectivity index (χ1n) is 9.25. The zero-order valence-corrected chi connectivity index (χ0v) is 16.0. The lowest BCUT2D eigenvalue weighted by Crippen LogP contribution is -2.14. The molecule has 5 nitrogen and oxygen atoms in total. The molecule has 0 bridgehead atoms. The van der Waals surface area contributed by atoms with Crippen molar-refractivity contribution >= 4 is 44.4 Å². The van der Waals surface area contributed by atoms with Crippen LogP contribution in [0.1, 0.15) is 31.3 Å². The van der Waals surface area contributed by atoms with E-state index in [0.29, 0.717) is 18.1 Å². The second-order valence-corrected chi connectivity index (χ2v) is 7.01. The maximum Gasteiger partial charge on any atom is 0.357 e. The van der Waals surface area contributed by atoms with Gasteiger partial charge in [-0.2, -0.15) is 0 Å². The van der Waals surface area contributed by atoms with Crippen molar-refractivity contribution < 1.29 is 9.53 Å². The molecule has 0 aliphatic heterocycles. The van der Waals surface area contributed by atoms with Crippen molar-refractivity contribution in [1.82, 2.24) is 9.55 Å². The highest BCUT2D eigenvalue weighted by molar-refractivity contribution is 6.19. The molecule has 0 radical (unpaired) electrons. The van der Waals surface area contributed by atoms with Crippen molar-refractivity contribution in [3.63, 3.8) is 0 Å². The number of esters is 1. The average Bonchev–Trinajstić information content (AvgIpc) is 2.94. The summed E-state index contributed by atoms with van der Waals surface area (Å²) in [4.78, 5) is 17.0. The number of carbonyl (C=O) groups is 1. The van der Waals surface area contributed by atoms with Gasteiger partial charge in [-0.25, -0.2) is 9.78 Å². The molecule has 0 spiro atoms. The van der Waals surface area contributed by atoms with Crippen molar-refractivity contribution in [1.29, 1.82) is 0 Å². The van der Waals surface area contributed by atoms with E-state index in [2.05, 4.69) is 60.0 Å². The Hall–Kier alpha value is -3.08. The summed E-state index contributed by atoms with van der Waals surface area (Å²) >= 11 is 0. The molecule has 0 aliphatic rings. The summed E-state index contributed by atoms with van der Waals surface area (Å²) in [6.07, 6.45) is 0. The number of hydrogen-bond donors (Lipinski definition) is 1. The second-order valence-electron chi connectivity index (χ2n) is 7.01. The fourth-order valence-electron chi connectivity index (χ4n) is 3.70. The highest BCUT2D eigenvalue weighted by atomic mass is 16.5. The number of anilines is 1. The minimum Gasteiger partial charge on any atom is -0.461 e. The molecule has 1 N–H and O–H groups in total. The molecular formula is C22H23N3O2. The molecule has 138 valence electrons. The fourth-order valence-corrected chi connectivity index (χ4v) is 3.70. The molecule has 5 heteroatoms. The quantitative estimate of drug-likeness (QED) is 0.527. The third-order valence-electron chi connectivity index (χ3n) is 4.79. The largest absolute Gasteiger partial charge is 0.461 e. The molecule has 4 rings (SSSR count). The summed E-state index contributed by atoms with van der Waals surface area (Å²) < 4.78 is 7.38. The van der Waals surface area contributed by atoms with Gasteiger partial charge in [-0.1, -0.05) is 24.3 Å². The molecule has 0 amide bonds. The fraction of sp³-hybridized carbons (Fsp3) is 0.273. The normalized spacial score (nSPS) is 11.6. The Labute approximate surface area is 157 Å². The summed E-state index contributed by atoms with van der Waals surface area (Å²) in [7, 11) is 2.06. The van der Waals surface area contributed by atoms with Gasteiger partial charge in [-0.3, -0.25) is 0 Å². The average molecular weight is 361 g/mol. The van der Waals surface area contributed by atoms with Gasteiger partial charge in [-0.05, 0) is 39.0 Å². The number of nitrogens with one attached hydrogen (secondary N) is 1.